The van der Waals surface area contributed by atoms with Gasteiger partial charge in [0.25, 0.3) is 0 Å². The predicted octanol–water partition coefficient (Wildman–Crippen LogP) is 3.62. The standard InChI is InChI=1S/C21H20FN5O/c1-26(14-16-6-8-19(9-7-16)27-11-3-10-23-27)15-21-24-20(25-28-21)13-17-4-2-5-18(22)12-17/h2-12H,13-15H2,1H3. The summed E-state index contributed by atoms with van der Waals surface area (Å²) in [7, 11) is 2.00. The molecule has 28 heavy (non-hydrogen) atoms. The lowest BCUT2D eigenvalue weighted by Crippen LogP contribution is -2.17. The van der Waals surface area contributed by atoms with Crippen molar-refractivity contribution in [2.75, 3.05) is 7.05 Å². The molecule has 0 radical (unpaired) electrons. The summed E-state index contributed by atoms with van der Waals surface area (Å²) >= 11 is 0. The predicted molar refractivity (Wildman–Crippen MR) is 102 cm³/mol. The Morgan fingerprint density at radius 1 is 1.04 bits per heavy atom. The van der Waals surface area contributed by atoms with Crippen molar-refractivity contribution < 1.29 is 8.91 Å². The van der Waals surface area contributed by atoms with Gasteiger partial charge in [0.05, 0.1) is 12.2 Å². The fourth-order valence-electron chi connectivity index (χ4n) is 3.03. The van der Waals surface area contributed by atoms with E-state index < -0.39 is 0 Å². The van der Waals surface area contributed by atoms with Gasteiger partial charge >= 0.3 is 0 Å². The lowest BCUT2D eigenvalue weighted by atomic mass is 10.1. The van der Waals surface area contributed by atoms with Gasteiger partial charge in [0, 0.05) is 25.4 Å². The summed E-state index contributed by atoms with van der Waals surface area (Å²) in [6.07, 6.45) is 4.12. The Labute approximate surface area is 162 Å². The van der Waals surface area contributed by atoms with Crippen molar-refractivity contribution in [3.05, 3.63) is 95.7 Å². The van der Waals surface area contributed by atoms with E-state index in [4.69, 9.17) is 4.52 Å². The molecule has 0 aliphatic carbocycles. The maximum Gasteiger partial charge on any atom is 0.240 e. The van der Waals surface area contributed by atoms with Gasteiger partial charge in [-0.05, 0) is 48.5 Å². The van der Waals surface area contributed by atoms with Crippen molar-refractivity contribution in [3.8, 4) is 5.69 Å². The van der Waals surface area contributed by atoms with Crippen LogP contribution in [0.2, 0.25) is 0 Å². The molecule has 4 aromatic rings. The smallest absolute Gasteiger partial charge is 0.240 e. The second kappa shape index (κ2) is 8.14. The molecule has 0 N–H and O–H groups in total. The maximum absolute atomic E-state index is 13.3. The van der Waals surface area contributed by atoms with E-state index in [-0.39, 0.29) is 5.82 Å². The lowest BCUT2D eigenvalue weighted by molar-refractivity contribution is 0.260. The van der Waals surface area contributed by atoms with Gasteiger partial charge in [-0.1, -0.05) is 29.4 Å². The van der Waals surface area contributed by atoms with E-state index >= 15 is 0 Å². The van der Waals surface area contributed by atoms with Crippen LogP contribution < -0.4 is 0 Å². The number of hydrogen-bond acceptors (Lipinski definition) is 5. The number of aromatic nitrogens is 4. The summed E-state index contributed by atoms with van der Waals surface area (Å²) < 4.78 is 20.4. The second-order valence-corrected chi connectivity index (χ2v) is 6.70. The largest absolute Gasteiger partial charge is 0.338 e. The van der Waals surface area contributed by atoms with Gasteiger partial charge in [0.1, 0.15) is 5.82 Å². The van der Waals surface area contributed by atoms with Crippen LogP contribution in [0.1, 0.15) is 22.8 Å². The zero-order valence-electron chi connectivity index (χ0n) is 15.5. The molecule has 0 aliphatic heterocycles. The van der Waals surface area contributed by atoms with E-state index in [0.29, 0.717) is 24.7 Å². The quantitative estimate of drug-likeness (QED) is 0.492. The summed E-state index contributed by atoms with van der Waals surface area (Å²) in [6.45, 7) is 1.29. The third kappa shape index (κ3) is 4.50. The maximum atomic E-state index is 13.3. The highest BCUT2D eigenvalue weighted by Crippen LogP contribution is 2.13. The van der Waals surface area contributed by atoms with Crippen LogP contribution in [0, 0.1) is 5.82 Å². The fraction of sp³-hybridized carbons (Fsp3) is 0.190. The fourth-order valence-corrected chi connectivity index (χ4v) is 3.03. The van der Waals surface area contributed by atoms with E-state index in [1.807, 2.05) is 42.2 Å². The van der Waals surface area contributed by atoms with Crippen LogP contribution in [0.15, 0.2) is 71.5 Å². The minimum atomic E-state index is -0.264. The van der Waals surface area contributed by atoms with Crippen molar-refractivity contribution in [1.29, 1.82) is 0 Å². The van der Waals surface area contributed by atoms with Crippen LogP contribution in [0.25, 0.3) is 5.69 Å². The Bertz CT molecular complexity index is 1030. The summed E-state index contributed by atoms with van der Waals surface area (Å²) in [5, 5.41) is 8.22. The van der Waals surface area contributed by atoms with Crippen LogP contribution in [-0.2, 0) is 19.5 Å². The zero-order valence-corrected chi connectivity index (χ0v) is 15.5. The third-order valence-corrected chi connectivity index (χ3v) is 4.32. The number of nitrogens with zero attached hydrogens (tertiary/aromatic N) is 5. The van der Waals surface area contributed by atoms with Crippen molar-refractivity contribution in [1.82, 2.24) is 24.8 Å². The molecule has 0 unspecified atom stereocenters. The molecular weight excluding hydrogens is 357 g/mol. The Morgan fingerprint density at radius 2 is 1.89 bits per heavy atom. The molecule has 7 heteroatoms. The van der Waals surface area contributed by atoms with Crippen molar-refractivity contribution in [2.45, 2.75) is 19.5 Å². The average molecular weight is 377 g/mol. The molecule has 6 nitrogen and oxygen atoms in total. The molecule has 0 amide bonds. The summed E-state index contributed by atoms with van der Waals surface area (Å²) in [5.74, 6) is 0.833. The molecule has 2 heterocycles. The van der Waals surface area contributed by atoms with Gasteiger partial charge < -0.3 is 4.52 Å². The number of benzene rings is 2. The monoisotopic (exact) mass is 377 g/mol. The third-order valence-electron chi connectivity index (χ3n) is 4.32. The molecule has 142 valence electrons. The molecule has 0 spiro atoms. The van der Waals surface area contributed by atoms with E-state index in [9.17, 15) is 4.39 Å². The van der Waals surface area contributed by atoms with E-state index in [1.54, 1.807) is 12.3 Å². The molecule has 0 saturated heterocycles. The van der Waals surface area contributed by atoms with E-state index in [0.717, 1.165) is 17.8 Å². The minimum Gasteiger partial charge on any atom is -0.338 e. The van der Waals surface area contributed by atoms with Gasteiger partial charge in [0.15, 0.2) is 5.82 Å². The number of rotatable bonds is 7. The summed E-state index contributed by atoms with van der Waals surface area (Å²) in [6, 6.07) is 16.6. The number of hydrogen-bond donors (Lipinski definition) is 0. The first-order valence-electron chi connectivity index (χ1n) is 8.99. The summed E-state index contributed by atoms with van der Waals surface area (Å²) in [5.41, 5.74) is 3.02. The molecule has 4 rings (SSSR count). The van der Waals surface area contributed by atoms with E-state index in [2.05, 4.69) is 32.3 Å². The second-order valence-electron chi connectivity index (χ2n) is 6.70. The van der Waals surface area contributed by atoms with Crippen LogP contribution in [-0.4, -0.2) is 31.9 Å². The SMILES string of the molecule is CN(Cc1ccc(-n2cccn2)cc1)Cc1nc(Cc2cccc(F)c2)no1. The molecule has 0 bridgehead atoms. The van der Waals surface area contributed by atoms with Gasteiger partial charge in [-0.25, -0.2) is 9.07 Å². The first-order valence-corrected chi connectivity index (χ1v) is 8.99. The molecule has 0 saturated carbocycles. The van der Waals surface area contributed by atoms with Crippen LogP contribution in [0.5, 0.6) is 0 Å². The van der Waals surface area contributed by atoms with Crippen molar-refractivity contribution in [2.24, 2.45) is 0 Å². The normalized spacial score (nSPS) is 11.2. The zero-order chi connectivity index (χ0) is 19.3. The first kappa shape index (κ1) is 18.1. The molecule has 2 aromatic heterocycles. The molecule has 0 fully saturated rings. The van der Waals surface area contributed by atoms with Gasteiger partial charge in [0.2, 0.25) is 5.89 Å². The van der Waals surface area contributed by atoms with Gasteiger partial charge in [-0.15, -0.1) is 0 Å². The molecule has 2 aromatic carbocycles. The Kier molecular flexibility index (Phi) is 5.25. The van der Waals surface area contributed by atoms with Gasteiger partial charge in [-0.2, -0.15) is 10.1 Å². The van der Waals surface area contributed by atoms with Gasteiger partial charge in [-0.3, -0.25) is 4.90 Å². The Morgan fingerprint density at radius 3 is 2.64 bits per heavy atom. The van der Waals surface area contributed by atoms with Crippen LogP contribution in [0.3, 0.4) is 0 Å². The van der Waals surface area contributed by atoms with Crippen LogP contribution >= 0.6 is 0 Å². The summed E-state index contributed by atoms with van der Waals surface area (Å²) in [4.78, 5) is 6.51. The highest BCUT2D eigenvalue weighted by Gasteiger charge is 2.11. The highest BCUT2D eigenvalue weighted by molar-refractivity contribution is 5.33. The van der Waals surface area contributed by atoms with Crippen LogP contribution in [0.4, 0.5) is 4.39 Å². The Balaban J connectivity index is 1.34. The van der Waals surface area contributed by atoms with E-state index in [1.165, 1.54) is 17.7 Å². The Hall–Kier alpha value is -3.32. The van der Waals surface area contributed by atoms with Crippen molar-refractivity contribution >= 4 is 0 Å². The average Bonchev–Trinajstić information content (AvgIpc) is 3.35. The molecular formula is C21H20FN5O. The topological polar surface area (TPSA) is 60.0 Å². The molecule has 0 atom stereocenters. The van der Waals surface area contributed by atoms with Crippen molar-refractivity contribution in [3.63, 3.8) is 0 Å². The lowest BCUT2D eigenvalue weighted by Gasteiger charge is -2.14. The first-order chi connectivity index (χ1) is 13.7. The minimum absolute atomic E-state index is 0.264. The number of halogens is 1. The molecule has 0 aliphatic rings. The highest BCUT2D eigenvalue weighted by atomic mass is 19.1.